The van der Waals surface area contributed by atoms with Gasteiger partial charge >= 0.3 is 0 Å². The quantitative estimate of drug-likeness (QED) is 0.219. The summed E-state index contributed by atoms with van der Waals surface area (Å²) in [7, 11) is 0. The maximum Gasteiger partial charge on any atom is 0.179 e. The fourth-order valence-corrected chi connectivity index (χ4v) is 6.15. The van der Waals surface area contributed by atoms with E-state index in [1.807, 2.05) is 78.3 Å². The summed E-state index contributed by atoms with van der Waals surface area (Å²) in [5.41, 5.74) is 8.37. The van der Waals surface area contributed by atoms with Crippen molar-refractivity contribution >= 4 is 50.5 Å². The van der Waals surface area contributed by atoms with Crippen LogP contribution < -0.4 is 10.2 Å². The minimum absolute atomic E-state index is 0.195. The highest BCUT2D eigenvalue weighted by Crippen LogP contribution is 2.50. The SMILES string of the molecule is Cc1cc(C)cc(NC2=Nc3ccccc3N3C2=Nc2c(c(C)nn2-c2ccccc2)[C@@H]3c2cc(Br)ccc2O)c1. The molecule has 2 aliphatic rings. The fourth-order valence-electron chi connectivity index (χ4n) is 5.77. The van der Waals surface area contributed by atoms with Gasteiger partial charge in [-0.1, -0.05) is 52.3 Å². The molecule has 4 aromatic carbocycles. The molecule has 1 atom stereocenters. The van der Waals surface area contributed by atoms with Crippen LogP contribution in [-0.4, -0.2) is 26.6 Å². The van der Waals surface area contributed by atoms with Gasteiger partial charge in [-0.2, -0.15) is 5.10 Å². The predicted octanol–water partition coefficient (Wildman–Crippen LogP) is 8.06. The summed E-state index contributed by atoms with van der Waals surface area (Å²) >= 11 is 3.64. The molecule has 41 heavy (non-hydrogen) atoms. The Kier molecular flexibility index (Phi) is 6.01. The highest BCUT2D eigenvalue weighted by Gasteiger charge is 2.42. The van der Waals surface area contributed by atoms with Crippen LogP contribution in [0.4, 0.5) is 22.9 Å². The molecule has 1 aromatic heterocycles. The topological polar surface area (TPSA) is 78.0 Å². The molecular formula is C33H27BrN6O. The van der Waals surface area contributed by atoms with Crippen molar-refractivity contribution in [1.29, 1.82) is 0 Å². The van der Waals surface area contributed by atoms with Crippen molar-refractivity contribution in [2.45, 2.75) is 26.8 Å². The van der Waals surface area contributed by atoms with E-state index in [1.54, 1.807) is 6.07 Å². The number of phenols is 1. The number of phenolic OH excluding ortho intramolecular Hbond substituents is 1. The number of aliphatic imine (C=N–C) groups is 2. The number of hydrogen-bond donors (Lipinski definition) is 2. The van der Waals surface area contributed by atoms with Crippen molar-refractivity contribution in [2.24, 2.45) is 9.98 Å². The number of nitrogens with one attached hydrogen (secondary N) is 1. The van der Waals surface area contributed by atoms with Gasteiger partial charge < -0.3 is 15.3 Å². The molecule has 0 saturated carbocycles. The standard InChI is InChI=1S/C33H27BrN6O/c1-19-15-20(2)17-23(16-19)35-31-33-37-32-29(21(3)38-40(32)24-9-5-4-6-10-24)30(25-18-22(34)13-14-28(25)41)39(33)27-12-8-7-11-26(27)36-31/h4-18,30,41H,1-3H3,(H,35,36)/t30-/m0/s1. The third-order valence-electron chi connectivity index (χ3n) is 7.41. The number of fused-ring (bicyclic) bond motifs is 4. The molecule has 0 aliphatic carbocycles. The summed E-state index contributed by atoms with van der Waals surface area (Å²) in [6, 6.07) is 29.5. The van der Waals surface area contributed by atoms with Crippen LogP contribution in [-0.2, 0) is 0 Å². The molecule has 2 aliphatic heterocycles. The lowest BCUT2D eigenvalue weighted by Crippen LogP contribution is -2.46. The van der Waals surface area contributed by atoms with Crippen LogP contribution in [0.2, 0.25) is 0 Å². The average Bonchev–Trinajstić information content (AvgIpc) is 3.29. The number of anilines is 2. The number of amidine groups is 2. The number of halogens is 1. The smallest absolute Gasteiger partial charge is 0.179 e. The van der Waals surface area contributed by atoms with Crippen molar-refractivity contribution in [1.82, 2.24) is 9.78 Å². The molecule has 202 valence electrons. The molecule has 8 heteroatoms. The molecule has 5 aromatic rings. The lowest BCUT2D eigenvalue weighted by molar-refractivity contribution is 0.465. The fraction of sp³-hybridized carbons (Fsp3) is 0.121. The Hall–Kier alpha value is -4.69. The third-order valence-corrected chi connectivity index (χ3v) is 7.90. The highest BCUT2D eigenvalue weighted by atomic mass is 79.9. The number of hydrogen-bond acceptors (Lipinski definition) is 6. The Bertz CT molecular complexity index is 1870. The molecule has 0 spiro atoms. The zero-order valence-electron chi connectivity index (χ0n) is 22.8. The molecule has 0 bridgehead atoms. The lowest BCUT2D eigenvalue weighted by Gasteiger charge is -2.40. The molecule has 0 fully saturated rings. The average molecular weight is 604 g/mol. The Morgan fingerprint density at radius 3 is 2.34 bits per heavy atom. The predicted molar refractivity (Wildman–Crippen MR) is 169 cm³/mol. The molecule has 3 heterocycles. The number of rotatable bonds is 3. The number of aryl methyl sites for hydroxylation is 3. The van der Waals surface area contributed by atoms with Crippen molar-refractivity contribution in [2.75, 3.05) is 10.2 Å². The van der Waals surface area contributed by atoms with Gasteiger partial charge in [0.15, 0.2) is 17.5 Å². The molecule has 2 N–H and O–H groups in total. The zero-order chi connectivity index (χ0) is 28.2. The summed E-state index contributed by atoms with van der Waals surface area (Å²) in [6.45, 7) is 6.17. The van der Waals surface area contributed by atoms with Crippen LogP contribution in [0.25, 0.3) is 5.69 Å². The van der Waals surface area contributed by atoms with E-state index in [0.717, 1.165) is 55.2 Å². The number of nitrogens with zero attached hydrogens (tertiary/aromatic N) is 5. The van der Waals surface area contributed by atoms with E-state index in [-0.39, 0.29) is 5.75 Å². The molecule has 7 nitrogen and oxygen atoms in total. The maximum absolute atomic E-state index is 11.3. The second kappa shape index (κ2) is 9.74. The molecule has 7 rings (SSSR count). The van der Waals surface area contributed by atoms with Gasteiger partial charge in [0.05, 0.1) is 28.8 Å². The van der Waals surface area contributed by atoms with Crippen LogP contribution in [0.3, 0.4) is 0 Å². The zero-order valence-corrected chi connectivity index (χ0v) is 24.4. The van der Waals surface area contributed by atoms with Crippen LogP contribution in [0.1, 0.15) is 34.0 Å². The largest absolute Gasteiger partial charge is 0.508 e. The monoisotopic (exact) mass is 602 g/mol. The Labute approximate surface area is 246 Å². The first kappa shape index (κ1) is 25.3. The number of aromatic hydroxyl groups is 1. The van der Waals surface area contributed by atoms with Gasteiger partial charge in [0.1, 0.15) is 5.75 Å². The van der Waals surface area contributed by atoms with Gasteiger partial charge in [-0.3, -0.25) is 0 Å². The van der Waals surface area contributed by atoms with E-state index in [1.165, 1.54) is 0 Å². The van der Waals surface area contributed by atoms with E-state index >= 15 is 0 Å². The van der Waals surface area contributed by atoms with E-state index in [4.69, 9.17) is 15.1 Å². The van der Waals surface area contributed by atoms with Gasteiger partial charge in [0.2, 0.25) is 0 Å². The molecule has 0 saturated heterocycles. The summed E-state index contributed by atoms with van der Waals surface area (Å²) < 4.78 is 2.75. The minimum Gasteiger partial charge on any atom is -0.508 e. The van der Waals surface area contributed by atoms with Gasteiger partial charge in [0, 0.05) is 21.3 Å². The van der Waals surface area contributed by atoms with Crippen LogP contribution >= 0.6 is 15.9 Å². The van der Waals surface area contributed by atoms with E-state index < -0.39 is 6.04 Å². The van der Waals surface area contributed by atoms with Crippen LogP contribution in [0.5, 0.6) is 5.75 Å². The van der Waals surface area contributed by atoms with Crippen molar-refractivity contribution < 1.29 is 5.11 Å². The van der Waals surface area contributed by atoms with E-state index in [9.17, 15) is 5.11 Å². The van der Waals surface area contributed by atoms with Gasteiger partial charge in [-0.05, 0) is 86.5 Å². The molecule has 0 radical (unpaired) electrons. The lowest BCUT2D eigenvalue weighted by atomic mass is 9.92. The molecule has 0 amide bonds. The van der Waals surface area contributed by atoms with Crippen LogP contribution in [0.15, 0.2) is 105 Å². The van der Waals surface area contributed by atoms with Gasteiger partial charge in [-0.25, -0.2) is 14.7 Å². The maximum atomic E-state index is 11.3. The van der Waals surface area contributed by atoms with Gasteiger partial charge in [0.25, 0.3) is 0 Å². The number of aromatic nitrogens is 2. The Balaban J connectivity index is 1.52. The minimum atomic E-state index is -0.417. The molecular weight excluding hydrogens is 576 g/mol. The Morgan fingerprint density at radius 1 is 0.829 bits per heavy atom. The van der Waals surface area contributed by atoms with E-state index in [2.05, 4.69) is 58.2 Å². The number of para-hydroxylation sites is 3. The third kappa shape index (κ3) is 4.31. The highest BCUT2D eigenvalue weighted by molar-refractivity contribution is 9.10. The van der Waals surface area contributed by atoms with Crippen molar-refractivity contribution in [3.05, 3.63) is 123 Å². The van der Waals surface area contributed by atoms with Gasteiger partial charge in [-0.15, -0.1) is 0 Å². The summed E-state index contributed by atoms with van der Waals surface area (Å²) in [6.07, 6.45) is 0. The normalized spacial score (nSPS) is 15.4. The van der Waals surface area contributed by atoms with Crippen molar-refractivity contribution in [3.63, 3.8) is 0 Å². The molecule has 0 unspecified atom stereocenters. The first-order chi connectivity index (χ1) is 19.9. The summed E-state index contributed by atoms with van der Waals surface area (Å²) in [5.74, 6) is 2.17. The first-order valence-corrected chi connectivity index (χ1v) is 14.2. The summed E-state index contributed by atoms with van der Waals surface area (Å²) in [4.78, 5) is 12.5. The van der Waals surface area contributed by atoms with Crippen LogP contribution in [0, 0.1) is 20.8 Å². The van der Waals surface area contributed by atoms with Crippen molar-refractivity contribution in [3.8, 4) is 11.4 Å². The first-order valence-electron chi connectivity index (χ1n) is 13.4. The second-order valence-corrected chi connectivity index (χ2v) is 11.3. The summed E-state index contributed by atoms with van der Waals surface area (Å²) in [5, 5.41) is 19.8. The second-order valence-electron chi connectivity index (χ2n) is 10.4. The Morgan fingerprint density at radius 2 is 1.56 bits per heavy atom. The van der Waals surface area contributed by atoms with E-state index in [0.29, 0.717) is 17.5 Å². The number of benzene rings is 4.